The van der Waals surface area contributed by atoms with Crippen molar-refractivity contribution in [1.82, 2.24) is 15.1 Å². The Kier molecular flexibility index (Phi) is 9.01. The van der Waals surface area contributed by atoms with Crippen LogP contribution in [0.15, 0.2) is 0 Å². The summed E-state index contributed by atoms with van der Waals surface area (Å²) in [6, 6.07) is 0. The first-order chi connectivity index (χ1) is 10.1. The number of hydrogen-bond acceptors (Lipinski definition) is 4. The second-order valence-corrected chi connectivity index (χ2v) is 5.66. The zero-order valence-electron chi connectivity index (χ0n) is 13.4. The molecule has 1 aliphatic rings. The van der Waals surface area contributed by atoms with Gasteiger partial charge in [0.25, 0.3) is 0 Å². The van der Waals surface area contributed by atoms with Crippen LogP contribution in [0.25, 0.3) is 0 Å². The maximum Gasteiger partial charge on any atom is 0.236 e. The van der Waals surface area contributed by atoms with Crippen LogP contribution >= 0.6 is 0 Å². The second kappa shape index (κ2) is 10.6. The standard InChI is InChI=1S/C15H29N3O3/c1-17(12-14(19)16-8-7-11-21-2)13-15(20)18-9-5-3-4-6-10-18/h3-13H2,1-2H3,(H,16,19). The summed E-state index contributed by atoms with van der Waals surface area (Å²) in [4.78, 5) is 27.6. The van der Waals surface area contributed by atoms with Gasteiger partial charge in [0.2, 0.25) is 11.8 Å². The SMILES string of the molecule is COCCCNC(=O)CN(C)CC(=O)N1CCCCCC1. The molecule has 1 saturated heterocycles. The fourth-order valence-electron chi connectivity index (χ4n) is 2.45. The van der Waals surface area contributed by atoms with Gasteiger partial charge in [0.1, 0.15) is 0 Å². The lowest BCUT2D eigenvalue weighted by Gasteiger charge is -2.23. The highest BCUT2D eigenvalue weighted by atomic mass is 16.5. The van der Waals surface area contributed by atoms with Crippen molar-refractivity contribution in [2.24, 2.45) is 0 Å². The van der Waals surface area contributed by atoms with Gasteiger partial charge in [-0.2, -0.15) is 0 Å². The van der Waals surface area contributed by atoms with Crippen LogP contribution in [0, 0.1) is 0 Å². The molecule has 2 amide bonds. The predicted octanol–water partition coefficient (Wildman–Crippen LogP) is 0.474. The average molecular weight is 299 g/mol. The average Bonchev–Trinajstić information content (AvgIpc) is 2.72. The van der Waals surface area contributed by atoms with Gasteiger partial charge < -0.3 is 15.0 Å². The molecule has 122 valence electrons. The molecule has 1 rings (SSSR count). The zero-order chi connectivity index (χ0) is 15.5. The van der Waals surface area contributed by atoms with Crippen LogP contribution in [-0.4, -0.2) is 75.1 Å². The molecule has 0 aliphatic carbocycles. The minimum Gasteiger partial charge on any atom is -0.385 e. The third-order valence-corrected chi connectivity index (χ3v) is 3.62. The maximum atomic E-state index is 12.2. The van der Waals surface area contributed by atoms with Crippen LogP contribution in [0.2, 0.25) is 0 Å². The number of likely N-dealkylation sites (tertiary alicyclic amines) is 1. The first-order valence-electron chi connectivity index (χ1n) is 7.85. The number of carbonyl (C=O) groups excluding carboxylic acids is 2. The Morgan fingerprint density at radius 3 is 2.43 bits per heavy atom. The molecule has 0 radical (unpaired) electrons. The Morgan fingerprint density at radius 2 is 1.81 bits per heavy atom. The Labute approximate surface area is 127 Å². The smallest absolute Gasteiger partial charge is 0.236 e. The summed E-state index contributed by atoms with van der Waals surface area (Å²) in [6.45, 7) is 3.54. The predicted molar refractivity (Wildman–Crippen MR) is 82.0 cm³/mol. The van der Waals surface area contributed by atoms with E-state index in [0.717, 1.165) is 32.4 Å². The summed E-state index contributed by atoms with van der Waals surface area (Å²) >= 11 is 0. The molecule has 0 unspecified atom stereocenters. The van der Waals surface area contributed by atoms with Crippen LogP contribution in [0.4, 0.5) is 0 Å². The number of nitrogens with one attached hydrogen (secondary N) is 1. The number of nitrogens with zero attached hydrogens (tertiary/aromatic N) is 2. The number of rotatable bonds is 8. The Hall–Kier alpha value is -1.14. The number of hydrogen-bond donors (Lipinski definition) is 1. The first kappa shape index (κ1) is 17.9. The molecule has 0 saturated carbocycles. The molecule has 21 heavy (non-hydrogen) atoms. The highest BCUT2D eigenvalue weighted by Gasteiger charge is 2.17. The number of amides is 2. The highest BCUT2D eigenvalue weighted by molar-refractivity contribution is 5.81. The van der Waals surface area contributed by atoms with Crippen LogP contribution in [0.5, 0.6) is 0 Å². The van der Waals surface area contributed by atoms with E-state index >= 15 is 0 Å². The molecular formula is C15H29N3O3. The third-order valence-electron chi connectivity index (χ3n) is 3.62. The van der Waals surface area contributed by atoms with Crippen molar-refractivity contribution in [1.29, 1.82) is 0 Å². The Morgan fingerprint density at radius 1 is 1.14 bits per heavy atom. The molecular weight excluding hydrogens is 270 g/mol. The number of likely N-dealkylation sites (N-methyl/N-ethyl adjacent to an activating group) is 1. The van der Waals surface area contributed by atoms with E-state index in [9.17, 15) is 9.59 Å². The fourth-order valence-corrected chi connectivity index (χ4v) is 2.45. The van der Waals surface area contributed by atoms with E-state index in [1.165, 1.54) is 12.8 Å². The topological polar surface area (TPSA) is 61.9 Å². The van der Waals surface area contributed by atoms with Crippen molar-refractivity contribution in [3.8, 4) is 0 Å². The highest BCUT2D eigenvalue weighted by Crippen LogP contribution is 2.09. The minimum absolute atomic E-state index is 0.0442. The van der Waals surface area contributed by atoms with E-state index in [4.69, 9.17) is 4.74 Å². The summed E-state index contributed by atoms with van der Waals surface area (Å²) in [7, 11) is 3.45. The minimum atomic E-state index is -0.0442. The molecule has 0 atom stereocenters. The van der Waals surface area contributed by atoms with Crippen LogP contribution in [0.1, 0.15) is 32.1 Å². The monoisotopic (exact) mass is 299 g/mol. The van der Waals surface area contributed by atoms with E-state index in [2.05, 4.69) is 5.32 Å². The molecule has 0 spiro atoms. The van der Waals surface area contributed by atoms with E-state index in [1.54, 1.807) is 12.0 Å². The van der Waals surface area contributed by atoms with Gasteiger partial charge in [-0.3, -0.25) is 14.5 Å². The molecule has 6 nitrogen and oxygen atoms in total. The zero-order valence-corrected chi connectivity index (χ0v) is 13.4. The molecule has 1 fully saturated rings. The molecule has 0 bridgehead atoms. The van der Waals surface area contributed by atoms with Crippen molar-refractivity contribution in [3.05, 3.63) is 0 Å². The van der Waals surface area contributed by atoms with Gasteiger partial charge in [-0.1, -0.05) is 12.8 Å². The van der Waals surface area contributed by atoms with Gasteiger partial charge in [-0.25, -0.2) is 0 Å². The van der Waals surface area contributed by atoms with E-state index in [1.807, 2.05) is 11.9 Å². The van der Waals surface area contributed by atoms with E-state index in [0.29, 0.717) is 19.7 Å². The van der Waals surface area contributed by atoms with E-state index < -0.39 is 0 Å². The number of carbonyl (C=O) groups is 2. The van der Waals surface area contributed by atoms with Gasteiger partial charge in [-0.05, 0) is 26.3 Å². The van der Waals surface area contributed by atoms with Crippen molar-refractivity contribution in [2.45, 2.75) is 32.1 Å². The lowest BCUT2D eigenvalue weighted by Crippen LogP contribution is -2.43. The van der Waals surface area contributed by atoms with Gasteiger partial charge in [-0.15, -0.1) is 0 Å². The van der Waals surface area contributed by atoms with Crippen LogP contribution in [-0.2, 0) is 14.3 Å². The van der Waals surface area contributed by atoms with Gasteiger partial charge in [0.15, 0.2) is 0 Å². The largest absolute Gasteiger partial charge is 0.385 e. The molecule has 6 heteroatoms. The van der Waals surface area contributed by atoms with Crippen molar-refractivity contribution in [3.63, 3.8) is 0 Å². The van der Waals surface area contributed by atoms with Crippen LogP contribution < -0.4 is 5.32 Å². The summed E-state index contributed by atoms with van der Waals surface area (Å²) in [5.74, 6) is 0.0869. The number of methoxy groups -OCH3 is 1. The van der Waals surface area contributed by atoms with E-state index in [-0.39, 0.29) is 18.4 Å². The molecule has 0 aromatic rings. The molecule has 1 aliphatic heterocycles. The summed E-state index contributed by atoms with van der Waals surface area (Å²) < 4.78 is 4.92. The summed E-state index contributed by atoms with van der Waals surface area (Å²) in [6.07, 6.45) is 5.41. The maximum absolute atomic E-state index is 12.2. The quantitative estimate of drug-likeness (QED) is 0.662. The van der Waals surface area contributed by atoms with Crippen molar-refractivity contribution >= 4 is 11.8 Å². The van der Waals surface area contributed by atoms with Gasteiger partial charge in [0.05, 0.1) is 13.1 Å². The lowest BCUT2D eigenvalue weighted by molar-refractivity contribution is -0.132. The van der Waals surface area contributed by atoms with Gasteiger partial charge in [0, 0.05) is 33.4 Å². The van der Waals surface area contributed by atoms with Gasteiger partial charge >= 0.3 is 0 Å². The van der Waals surface area contributed by atoms with Crippen molar-refractivity contribution in [2.75, 3.05) is 53.5 Å². The summed E-state index contributed by atoms with van der Waals surface area (Å²) in [5.41, 5.74) is 0. The Bertz CT molecular complexity index is 315. The Balaban J connectivity index is 2.20. The second-order valence-electron chi connectivity index (χ2n) is 5.66. The molecule has 1 heterocycles. The molecule has 0 aromatic carbocycles. The van der Waals surface area contributed by atoms with Crippen molar-refractivity contribution < 1.29 is 14.3 Å². The molecule has 1 N–H and O–H groups in total. The van der Waals surface area contributed by atoms with Crippen LogP contribution in [0.3, 0.4) is 0 Å². The summed E-state index contributed by atoms with van der Waals surface area (Å²) in [5, 5.41) is 2.83. The molecule has 0 aromatic heterocycles. The fraction of sp³-hybridized carbons (Fsp3) is 0.867. The normalized spacial score (nSPS) is 15.9. The number of ether oxygens (including phenoxy) is 1. The first-order valence-corrected chi connectivity index (χ1v) is 7.85. The third kappa shape index (κ3) is 8.02. The lowest BCUT2D eigenvalue weighted by atomic mass is 10.2.